The molecule has 8 aromatic carbocycles. The van der Waals surface area contributed by atoms with E-state index in [-0.39, 0.29) is 0 Å². The first-order chi connectivity index (χ1) is 31.1. The van der Waals surface area contributed by atoms with Crippen LogP contribution in [0.25, 0.3) is 32.9 Å². The first kappa shape index (κ1) is 41.2. The molecule has 0 spiro atoms. The van der Waals surface area contributed by atoms with Gasteiger partial charge in [-0.05, 0) is 159 Å². The monoisotopic (exact) mass is 866 g/mol. The molecule has 8 aromatic rings. The van der Waals surface area contributed by atoms with Gasteiger partial charge < -0.3 is 19.6 Å². The summed E-state index contributed by atoms with van der Waals surface area (Å²) in [5.74, 6) is 0. The minimum atomic E-state index is 0.737. The molecule has 0 aliphatic carbocycles. The summed E-state index contributed by atoms with van der Waals surface area (Å²) in [7, 11) is 0. The molecule has 0 aromatic heterocycles. The van der Waals surface area contributed by atoms with E-state index in [9.17, 15) is 0 Å². The second kappa shape index (κ2) is 16.7. The van der Waals surface area contributed by atoms with Crippen molar-refractivity contribution >= 4 is 101 Å². The van der Waals surface area contributed by atoms with E-state index in [2.05, 4.69) is 231 Å². The molecule has 0 N–H and O–H groups in total. The quantitative estimate of drug-likeness (QED) is 0.126. The molecule has 0 fully saturated rings. The van der Waals surface area contributed by atoms with E-state index in [0.29, 0.717) is 0 Å². The van der Waals surface area contributed by atoms with Crippen molar-refractivity contribution in [3.05, 3.63) is 214 Å². The number of thiocarbonyl (C=S) groups is 2. The Bertz CT molecular complexity index is 2890. The van der Waals surface area contributed by atoms with Crippen molar-refractivity contribution in [2.24, 2.45) is 0 Å². The van der Waals surface area contributed by atoms with Crippen LogP contribution >= 0.6 is 24.4 Å². The topological polar surface area (TPSA) is 13.0 Å². The number of rotatable bonds is 10. The van der Waals surface area contributed by atoms with Crippen LogP contribution in [0.1, 0.15) is 47.2 Å². The number of nitrogens with zero attached hydrogens (tertiary/aromatic N) is 4. The van der Waals surface area contributed by atoms with Crippen molar-refractivity contribution in [2.75, 3.05) is 22.9 Å². The summed E-state index contributed by atoms with van der Waals surface area (Å²) in [6.45, 7) is 14.3. The van der Waals surface area contributed by atoms with Crippen LogP contribution < -0.4 is 9.80 Å². The lowest BCUT2D eigenvalue weighted by atomic mass is 9.98. The van der Waals surface area contributed by atoms with Gasteiger partial charge in [-0.1, -0.05) is 132 Å². The summed E-state index contributed by atoms with van der Waals surface area (Å²) in [6.07, 6.45) is 0. The highest BCUT2D eigenvalue weighted by Gasteiger charge is 2.44. The van der Waals surface area contributed by atoms with Crippen LogP contribution in [0.2, 0.25) is 0 Å². The van der Waals surface area contributed by atoms with Gasteiger partial charge in [0.05, 0.1) is 11.4 Å². The largest absolute Gasteiger partial charge is 0.331 e. The summed E-state index contributed by atoms with van der Waals surface area (Å²) in [5.41, 5.74) is 18.2. The molecule has 2 aliphatic rings. The lowest BCUT2D eigenvalue weighted by Crippen LogP contribution is -2.28. The highest BCUT2D eigenvalue weighted by Crippen LogP contribution is 2.49. The fourth-order valence-corrected chi connectivity index (χ4v) is 10.1. The second-order valence-corrected chi connectivity index (χ2v) is 17.8. The Balaban J connectivity index is 1.04. The number of aryl methyl sites for hydroxylation is 4. The van der Waals surface area contributed by atoms with E-state index < -0.39 is 0 Å². The van der Waals surface area contributed by atoms with Gasteiger partial charge in [-0.3, -0.25) is 0 Å². The average Bonchev–Trinajstić information content (AvgIpc) is 3.77. The minimum Gasteiger partial charge on any atom is -0.331 e. The summed E-state index contributed by atoms with van der Waals surface area (Å²) in [6, 6.07) is 62.1. The first-order valence-corrected chi connectivity index (χ1v) is 23.0. The highest BCUT2D eigenvalue weighted by molar-refractivity contribution is 7.81. The molecule has 0 saturated carbocycles. The van der Waals surface area contributed by atoms with Crippen LogP contribution in [-0.2, 0) is 0 Å². The van der Waals surface area contributed by atoms with Crippen molar-refractivity contribution < 1.29 is 0 Å². The first-order valence-electron chi connectivity index (χ1n) is 22.2. The third-order valence-electron chi connectivity index (χ3n) is 12.7. The van der Waals surface area contributed by atoms with Crippen LogP contribution in [0.5, 0.6) is 0 Å². The molecular formula is C58H50N4S2. The SMILES string of the molecule is CCN1C(=S)C2=C(c3ccc4cc(N(c5ccc(C)cc5)c5ccc(C)cc5)ccc4c3)N(CC)C(=S)C2=C1c1ccc2cc(N(c3ccc(C)cc3)c3ccc(C)cc3)ccc2c1. The van der Waals surface area contributed by atoms with Crippen molar-refractivity contribution in [3.63, 3.8) is 0 Å². The van der Waals surface area contributed by atoms with Crippen LogP contribution in [0, 0.1) is 27.7 Å². The summed E-state index contributed by atoms with van der Waals surface area (Å²) < 4.78 is 0. The van der Waals surface area contributed by atoms with E-state index in [4.69, 9.17) is 24.4 Å². The second-order valence-electron chi connectivity index (χ2n) is 17.1. The van der Waals surface area contributed by atoms with Gasteiger partial charge in [0.1, 0.15) is 9.98 Å². The summed E-state index contributed by atoms with van der Waals surface area (Å²) in [4.78, 5) is 10.9. The van der Waals surface area contributed by atoms with Gasteiger partial charge in [-0.2, -0.15) is 0 Å². The number of hydrogen-bond acceptors (Lipinski definition) is 4. The van der Waals surface area contributed by atoms with Crippen LogP contribution in [-0.4, -0.2) is 32.9 Å². The van der Waals surface area contributed by atoms with Crippen LogP contribution in [0.15, 0.2) is 181 Å². The summed E-state index contributed by atoms with van der Waals surface area (Å²) >= 11 is 12.8. The van der Waals surface area contributed by atoms with Gasteiger partial charge in [-0.25, -0.2) is 0 Å². The van der Waals surface area contributed by atoms with E-state index in [1.54, 1.807) is 0 Å². The van der Waals surface area contributed by atoms with Gasteiger partial charge in [0, 0.05) is 58.4 Å². The van der Waals surface area contributed by atoms with Crippen molar-refractivity contribution in [2.45, 2.75) is 41.5 Å². The standard InChI is InChI=1S/C58H50N4S2/c1-7-59-55(45-19-17-43-35-51(31-21-41(43)33-45)61(47-23-9-37(3)10-24-47)48-25-11-38(4)12-26-48)53-54(57(59)63)56(60(8-2)58(53)64)46-20-18-44-36-52(32-22-42(44)34-46)62(49-27-13-39(5)14-28-49)50-29-15-40(6)16-30-50/h9-36H,7-8H2,1-6H3. The fourth-order valence-electron chi connectivity index (χ4n) is 9.31. The van der Waals surface area contributed by atoms with Crippen LogP contribution in [0.4, 0.5) is 34.1 Å². The zero-order valence-electron chi connectivity index (χ0n) is 37.2. The third-order valence-corrected chi connectivity index (χ3v) is 13.5. The number of hydrogen-bond donors (Lipinski definition) is 0. The molecule has 64 heavy (non-hydrogen) atoms. The number of benzene rings is 8. The van der Waals surface area contributed by atoms with Gasteiger partial charge in [-0.15, -0.1) is 0 Å². The normalized spacial score (nSPS) is 13.8. The fraction of sp³-hybridized carbons (Fsp3) is 0.138. The van der Waals surface area contributed by atoms with Crippen molar-refractivity contribution in [1.82, 2.24) is 9.80 Å². The molecule has 2 aliphatic heterocycles. The molecule has 10 rings (SSSR count). The molecule has 314 valence electrons. The smallest absolute Gasteiger partial charge is 0.116 e. The molecule has 0 radical (unpaired) electrons. The molecule has 2 heterocycles. The van der Waals surface area contributed by atoms with E-state index in [0.717, 1.165) is 102 Å². The Morgan fingerprint density at radius 2 is 0.609 bits per heavy atom. The van der Waals surface area contributed by atoms with E-state index in [1.807, 2.05) is 0 Å². The number of fused-ring (bicyclic) bond motifs is 3. The summed E-state index contributed by atoms with van der Waals surface area (Å²) in [5, 5.41) is 4.66. The molecular weight excluding hydrogens is 817 g/mol. The molecule has 0 unspecified atom stereocenters. The van der Waals surface area contributed by atoms with Crippen molar-refractivity contribution in [3.8, 4) is 0 Å². The van der Waals surface area contributed by atoms with Gasteiger partial charge in [0.2, 0.25) is 0 Å². The molecule has 0 bridgehead atoms. The highest BCUT2D eigenvalue weighted by atomic mass is 32.1. The predicted octanol–water partition coefficient (Wildman–Crippen LogP) is 15.6. The molecule has 0 saturated heterocycles. The van der Waals surface area contributed by atoms with Crippen molar-refractivity contribution in [1.29, 1.82) is 0 Å². The lowest BCUT2D eigenvalue weighted by molar-refractivity contribution is 0.620. The van der Waals surface area contributed by atoms with E-state index in [1.165, 1.54) is 33.0 Å². The molecule has 0 amide bonds. The maximum Gasteiger partial charge on any atom is 0.116 e. The number of likely N-dealkylation sites (N-methyl/N-ethyl adjacent to an activating group) is 2. The predicted molar refractivity (Wildman–Crippen MR) is 280 cm³/mol. The third kappa shape index (κ3) is 7.27. The molecule has 4 nitrogen and oxygen atoms in total. The van der Waals surface area contributed by atoms with Gasteiger partial charge >= 0.3 is 0 Å². The molecule has 0 atom stereocenters. The Labute approximate surface area is 388 Å². The molecule has 6 heteroatoms. The zero-order chi connectivity index (χ0) is 44.2. The zero-order valence-corrected chi connectivity index (χ0v) is 38.8. The van der Waals surface area contributed by atoms with Gasteiger partial charge in [0.25, 0.3) is 0 Å². The Kier molecular flexibility index (Phi) is 10.7. The maximum atomic E-state index is 6.42. The Morgan fingerprint density at radius 3 is 0.906 bits per heavy atom. The lowest BCUT2D eigenvalue weighted by Gasteiger charge is -2.27. The maximum absolute atomic E-state index is 6.42. The van der Waals surface area contributed by atoms with Gasteiger partial charge in [0.15, 0.2) is 0 Å². The Morgan fingerprint density at radius 1 is 0.344 bits per heavy atom. The number of anilines is 6. The minimum absolute atomic E-state index is 0.737. The van der Waals surface area contributed by atoms with Crippen LogP contribution in [0.3, 0.4) is 0 Å². The van der Waals surface area contributed by atoms with E-state index >= 15 is 0 Å². The Hall–Kier alpha value is -6.86. The average molecular weight is 867 g/mol.